The molecule has 0 aliphatic carbocycles. The van der Waals surface area contributed by atoms with Crippen LogP contribution in [0.2, 0.25) is 0 Å². The van der Waals surface area contributed by atoms with Gasteiger partial charge in [-0.3, -0.25) is 9.48 Å². The van der Waals surface area contributed by atoms with Crippen molar-refractivity contribution < 1.29 is 9.53 Å². The molecule has 1 aliphatic heterocycles. The monoisotopic (exact) mass is 369 g/mol. The molecule has 0 saturated carbocycles. The van der Waals surface area contributed by atoms with Gasteiger partial charge < -0.3 is 9.64 Å². The van der Waals surface area contributed by atoms with Gasteiger partial charge in [-0.05, 0) is 25.0 Å². The van der Waals surface area contributed by atoms with Gasteiger partial charge in [0.1, 0.15) is 18.1 Å². The summed E-state index contributed by atoms with van der Waals surface area (Å²) >= 11 is 0. The van der Waals surface area contributed by atoms with Crippen LogP contribution in [0.15, 0.2) is 18.5 Å². The third-order valence-electron chi connectivity index (χ3n) is 4.80. The van der Waals surface area contributed by atoms with Crippen LogP contribution in [0.5, 0.6) is 0 Å². The molecule has 9 nitrogen and oxygen atoms in total. The number of rotatable bonds is 3. The Morgan fingerprint density at radius 3 is 2.89 bits per heavy atom. The number of hydrogen-bond donors (Lipinski definition) is 0. The number of fused-ring (bicyclic) bond motifs is 1. The molecule has 27 heavy (non-hydrogen) atoms. The first-order chi connectivity index (χ1) is 12.9. The van der Waals surface area contributed by atoms with Crippen molar-refractivity contribution >= 4 is 11.7 Å². The number of ether oxygens (including phenoxy) is 1. The fraction of sp³-hybridized carbons (Fsp3) is 0.500. The Labute approximate surface area is 157 Å². The molecule has 3 aromatic rings. The Bertz CT molecular complexity index is 991. The van der Waals surface area contributed by atoms with Gasteiger partial charge in [-0.25, -0.2) is 4.98 Å². The van der Waals surface area contributed by atoms with Gasteiger partial charge in [-0.15, -0.1) is 0 Å². The molecule has 0 radical (unpaired) electrons. The third-order valence-corrected chi connectivity index (χ3v) is 4.80. The van der Waals surface area contributed by atoms with Crippen LogP contribution >= 0.6 is 0 Å². The van der Waals surface area contributed by atoms with E-state index in [0.717, 1.165) is 17.1 Å². The smallest absolute Gasteiger partial charge is 0.272 e. The third kappa shape index (κ3) is 3.18. The number of carbonyl (C=O) groups excluding carboxylic acids is 1. The van der Waals surface area contributed by atoms with Gasteiger partial charge in [0.05, 0.1) is 24.5 Å². The van der Waals surface area contributed by atoms with Crippen molar-refractivity contribution in [3.8, 4) is 0 Å². The minimum absolute atomic E-state index is 0.0363. The largest absolute Gasteiger partial charge is 0.368 e. The van der Waals surface area contributed by atoms with Crippen molar-refractivity contribution in [2.75, 3.05) is 19.7 Å². The maximum Gasteiger partial charge on any atom is 0.272 e. The van der Waals surface area contributed by atoms with Crippen molar-refractivity contribution in [1.82, 2.24) is 34.3 Å². The lowest BCUT2D eigenvalue weighted by Gasteiger charge is -2.33. The highest BCUT2D eigenvalue weighted by molar-refractivity contribution is 5.92. The van der Waals surface area contributed by atoms with Crippen LogP contribution in [0.1, 0.15) is 53.4 Å². The quantitative estimate of drug-likeness (QED) is 0.695. The maximum atomic E-state index is 13.1. The van der Waals surface area contributed by atoms with Crippen LogP contribution in [0.25, 0.3) is 5.78 Å². The minimum Gasteiger partial charge on any atom is -0.368 e. The van der Waals surface area contributed by atoms with E-state index in [-0.39, 0.29) is 17.9 Å². The predicted molar refractivity (Wildman–Crippen MR) is 97.4 cm³/mol. The molecule has 4 rings (SSSR count). The number of carbonyl (C=O) groups is 1. The highest BCUT2D eigenvalue weighted by Crippen LogP contribution is 2.24. The Hall–Kier alpha value is -2.81. The Kier molecular flexibility index (Phi) is 4.39. The Morgan fingerprint density at radius 1 is 1.33 bits per heavy atom. The lowest BCUT2D eigenvalue weighted by molar-refractivity contribution is -0.0260. The molecule has 4 heterocycles. The van der Waals surface area contributed by atoms with Crippen LogP contribution in [-0.2, 0) is 11.8 Å². The summed E-state index contributed by atoms with van der Waals surface area (Å²) in [4.78, 5) is 23.4. The summed E-state index contributed by atoms with van der Waals surface area (Å²) < 4.78 is 9.29. The predicted octanol–water partition coefficient (Wildman–Crippen LogP) is 1.50. The molecule has 0 N–H and O–H groups in total. The molecule has 0 aromatic carbocycles. The first kappa shape index (κ1) is 17.6. The average molecular weight is 369 g/mol. The molecule has 0 spiro atoms. The summed E-state index contributed by atoms with van der Waals surface area (Å²) in [7, 11) is 1.81. The summed E-state index contributed by atoms with van der Waals surface area (Å²) in [6.07, 6.45) is 1.19. The van der Waals surface area contributed by atoms with E-state index in [4.69, 9.17) is 4.74 Å². The second-order valence-electron chi connectivity index (χ2n) is 7.14. The standard InChI is InChI=1S/C18H23N7O2/c1-11(2)13-8-15(23(4)22-13)17(26)24-5-6-27-16(9-24)14-7-12(3)21-18-19-10-20-25(14)18/h7-8,10-11,16H,5-6,9H2,1-4H3. The molecule has 9 heteroatoms. The normalized spacial score (nSPS) is 17.8. The Balaban J connectivity index is 1.61. The molecule has 1 unspecified atom stereocenters. The molecule has 0 bridgehead atoms. The first-order valence-corrected chi connectivity index (χ1v) is 9.06. The van der Waals surface area contributed by atoms with Crippen molar-refractivity contribution in [2.24, 2.45) is 7.05 Å². The lowest BCUT2D eigenvalue weighted by atomic mass is 10.1. The number of aromatic nitrogens is 6. The average Bonchev–Trinajstić information content (AvgIpc) is 3.27. The highest BCUT2D eigenvalue weighted by atomic mass is 16.5. The van der Waals surface area contributed by atoms with Gasteiger partial charge in [0.15, 0.2) is 0 Å². The van der Waals surface area contributed by atoms with E-state index in [1.165, 1.54) is 6.33 Å². The van der Waals surface area contributed by atoms with Crippen LogP contribution in [0.4, 0.5) is 0 Å². The number of amides is 1. The molecular formula is C18H23N7O2. The summed E-state index contributed by atoms with van der Waals surface area (Å²) in [6, 6.07) is 3.81. The van der Waals surface area contributed by atoms with Gasteiger partial charge in [0, 0.05) is 19.3 Å². The molecule has 1 amide bonds. The van der Waals surface area contributed by atoms with E-state index in [1.54, 1.807) is 9.20 Å². The lowest BCUT2D eigenvalue weighted by Crippen LogP contribution is -2.43. The van der Waals surface area contributed by atoms with E-state index in [1.807, 2.05) is 31.0 Å². The van der Waals surface area contributed by atoms with Gasteiger partial charge in [0.2, 0.25) is 0 Å². The minimum atomic E-state index is -0.286. The van der Waals surface area contributed by atoms with Crippen LogP contribution in [-0.4, -0.2) is 59.9 Å². The van der Waals surface area contributed by atoms with E-state index in [0.29, 0.717) is 31.2 Å². The van der Waals surface area contributed by atoms with Gasteiger partial charge >= 0.3 is 0 Å². The van der Waals surface area contributed by atoms with Crippen molar-refractivity contribution in [2.45, 2.75) is 32.8 Å². The molecule has 1 atom stereocenters. The van der Waals surface area contributed by atoms with Gasteiger partial charge in [-0.2, -0.15) is 19.7 Å². The summed E-state index contributed by atoms with van der Waals surface area (Å²) in [6.45, 7) is 7.49. The van der Waals surface area contributed by atoms with E-state index in [9.17, 15) is 4.79 Å². The topological polar surface area (TPSA) is 90.4 Å². The number of morpholine rings is 1. The zero-order chi connectivity index (χ0) is 19.1. The zero-order valence-corrected chi connectivity index (χ0v) is 16.0. The number of aryl methyl sites for hydroxylation is 2. The summed E-state index contributed by atoms with van der Waals surface area (Å²) in [5, 5.41) is 8.70. The van der Waals surface area contributed by atoms with Crippen molar-refractivity contribution in [1.29, 1.82) is 0 Å². The van der Waals surface area contributed by atoms with Crippen LogP contribution < -0.4 is 0 Å². The summed E-state index contributed by atoms with van der Waals surface area (Å²) in [5.74, 6) is 0.770. The second-order valence-corrected chi connectivity index (χ2v) is 7.14. The SMILES string of the molecule is Cc1cc(C2CN(C(=O)c3cc(C(C)C)nn3C)CCO2)n2ncnc2n1. The molecule has 3 aromatic heterocycles. The highest BCUT2D eigenvalue weighted by Gasteiger charge is 2.30. The molecule has 142 valence electrons. The molecule has 1 aliphatic rings. The Morgan fingerprint density at radius 2 is 2.15 bits per heavy atom. The van der Waals surface area contributed by atoms with Crippen molar-refractivity contribution in [3.05, 3.63) is 41.2 Å². The molecule has 1 saturated heterocycles. The zero-order valence-electron chi connectivity index (χ0n) is 16.0. The van der Waals surface area contributed by atoms with Crippen LogP contribution in [0, 0.1) is 6.92 Å². The second kappa shape index (κ2) is 6.73. The van der Waals surface area contributed by atoms with Crippen molar-refractivity contribution in [3.63, 3.8) is 0 Å². The summed E-state index contributed by atoms with van der Waals surface area (Å²) in [5.41, 5.74) is 3.20. The fourth-order valence-corrected chi connectivity index (χ4v) is 3.33. The molecular weight excluding hydrogens is 346 g/mol. The van der Waals surface area contributed by atoms with E-state index >= 15 is 0 Å². The maximum absolute atomic E-state index is 13.1. The van der Waals surface area contributed by atoms with E-state index in [2.05, 4.69) is 34.0 Å². The number of nitrogens with zero attached hydrogens (tertiary/aromatic N) is 7. The van der Waals surface area contributed by atoms with E-state index < -0.39 is 0 Å². The number of hydrogen-bond acceptors (Lipinski definition) is 6. The van der Waals surface area contributed by atoms with Gasteiger partial charge in [-0.1, -0.05) is 13.8 Å². The van der Waals surface area contributed by atoms with Crippen LogP contribution in [0.3, 0.4) is 0 Å². The fourth-order valence-electron chi connectivity index (χ4n) is 3.33. The van der Waals surface area contributed by atoms with Gasteiger partial charge in [0.25, 0.3) is 11.7 Å². The first-order valence-electron chi connectivity index (χ1n) is 9.06. The molecule has 1 fully saturated rings.